The van der Waals surface area contributed by atoms with Crippen LogP contribution in [-0.4, -0.2) is 36.6 Å². The van der Waals surface area contributed by atoms with Crippen LogP contribution in [-0.2, 0) is 16.8 Å². The summed E-state index contributed by atoms with van der Waals surface area (Å²) >= 11 is 1.65. The van der Waals surface area contributed by atoms with Crippen LogP contribution in [0.3, 0.4) is 0 Å². The number of carbonyl (C=O) groups is 1. The number of nitrogens with zero attached hydrogens (tertiary/aromatic N) is 2. The predicted octanol–water partition coefficient (Wildman–Crippen LogP) is 3.41. The minimum atomic E-state index is -0.214. The molecule has 5 nitrogen and oxygen atoms in total. The van der Waals surface area contributed by atoms with Gasteiger partial charge in [-0.05, 0) is 62.3 Å². The van der Waals surface area contributed by atoms with Gasteiger partial charge in [0.25, 0.3) is 5.91 Å². The molecular weight excluding hydrogens is 358 g/mol. The van der Waals surface area contributed by atoms with E-state index in [2.05, 4.69) is 34.3 Å². The summed E-state index contributed by atoms with van der Waals surface area (Å²) in [6.07, 6.45) is 8.88. The first-order valence-electron chi connectivity index (χ1n) is 9.88. The Morgan fingerprint density at radius 3 is 2.93 bits per heavy atom. The van der Waals surface area contributed by atoms with Crippen molar-refractivity contribution in [1.82, 2.24) is 10.3 Å². The number of rotatable bonds is 3. The van der Waals surface area contributed by atoms with E-state index in [9.17, 15) is 4.79 Å². The summed E-state index contributed by atoms with van der Waals surface area (Å²) in [6.45, 7) is 4.80. The van der Waals surface area contributed by atoms with Gasteiger partial charge in [-0.1, -0.05) is 0 Å². The third-order valence-electron chi connectivity index (χ3n) is 6.01. The maximum absolute atomic E-state index is 12.5. The zero-order valence-electron chi connectivity index (χ0n) is 15.7. The van der Waals surface area contributed by atoms with Gasteiger partial charge >= 0.3 is 0 Å². The van der Waals surface area contributed by atoms with Crippen LogP contribution in [0, 0.1) is 6.92 Å². The van der Waals surface area contributed by atoms with E-state index in [4.69, 9.17) is 4.74 Å². The summed E-state index contributed by atoms with van der Waals surface area (Å²) in [7, 11) is 0. The van der Waals surface area contributed by atoms with Crippen LogP contribution in [0.5, 0.6) is 0 Å². The van der Waals surface area contributed by atoms with Gasteiger partial charge in [-0.25, -0.2) is 0 Å². The Kier molecular flexibility index (Phi) is 4.20. The van der Waals surface area contributed by atoms with Gasteiger partial charge in [-0.3, -0.25) is 9.78 Å². The fourth-order valence-corrected chi connectivity index (χ4v) is 5.63. The van der Waals surface area contributed by atoms with Crippen LogP contribution in [0.1, 0.15) is 51.4 Å². The molecule has 4 heterocycles. The molecule has 1 amide bonds. The molecule has 0 radical (unpaired) electrons. The summed E-state index contributed by atoms with van der Waals surface area (Å²) in [4.78, 5) is 21.3. The lowest BCUT2D eigenvalue weighted by molar-refractivity contribution is -0.0735. The van der Waals surface area contributed by atoms with Gasteiger partial charge in [0.05, 0.1) is 11.5 Å². The Balaban J connectivity index is 1.37. The number of ether oxygens (including phenoxy) is 1. The topological polar surface area (TPSA) is 54.5 Å². The second-order valence-corrected chi connectivity index (χ2v) is 9.01. The number of pyridine rings is 1. The molecule has 1 saturated carbocycles. The number of thiophene rings is 1. The van der Waals surface area contributed by atoms with E-state index in [-0.39, 0.29) is 11.5 Å². The number of aryl methyl sites for hydroxylation is 1. The smallest absolute Gasteiger partial charge is 0.261 e. The van der Waals surface area contributed by atoms with Gasteiger partial charge in [0.1, 0.15) is 5.60 Å². The van der Waals surface area contributed by atoms with Crippen molar-refractivity contribution < 1.29 is 9.53 Å². The van der Waals surface area contributed by atoms with Crippen molar-refractivity contribution in [3.05, 3.63) is 45.4 Å². The van der Waals surface area contributed by atoms with E-state index in [0.717, 1.165) is 56.7 Å². The Bertz CT molecular complexity index is 866. The van der Waals surface area contributed by atoms with Crippen molar-refractivity contribution in [1.29, 1.82) is 0 Å². The molecule has 2 aromatic heterocycles. The van der Waals surface area contributed by atoms with Crippen molar-refractivity contribution >= 4 is 22.9 Å². The molecule has 142 valence electrons. The van der Waals surface area contributed by atoms with Gasteiger partial charge in [0, 0.05) is 42.1 Å². The zero-order chi connectivity index (χ0) is 18.4. The molecule has 2 aromatic rings. The van der Waals surface area contributed by atoms with Crippen molar-refractivity contribution in [3.63, 3.8) is 0 Å². The maximum Gasteiger partial charge on any atom is 0.261 e. The number of aromatic nitrogens is 1. The average molecular weight is 384 g/mol. The highest BCUT2D eigenvalue weighted by Gasteiger charge is 2.43. The Labute approximate surface area is 163 Å². The molecule has 1 aliphatic carbocycles. The van der Waals surface area contributed by atoms with Crippen LogP contribution in [0.25, 0.3) is 0 Å². The molecule has 27 heavy (non-hydrogen) atoms. The molecule has 2 fully saturated rings. The number of anilines is 1. The Hall–Kier alpha value is -1.92. The van der Waals surface area contributed by atoms with Crippen LogP contribution in [0.15, 0.2) is 24.5 Å². The highest BCUT2D eigenvalue weighted by Crippen LogP contribution is 2.46. The monoisotopic (exact) mass is 383 g/mol. The standard InChI is InChI=1S/C21H25N3O2S/c1-14-13-22-8-4-17(14)24-9-6-21(7-10-24)19-15(5-11-26-21)12-18(27-19)20(25)23-16-2-3-16/h4,8,12-13,16H,2-3,5-7,9-11H2,1H3,(H,23,25). The van der Waals surface area contributed by atoms with E-state index in [0.29, 0.717) is 6.04 Å². The van der Waals surface area contributed by atoms with Crippen molar-refractivity contribution in [2.24, 2.45) is 0 Å². The van der Waals surface area contributed by atoms with Gasteiger partial charge in [-0.2, -0.15) is 0 Å². The minimum absolute atomic E-state index is 0.0943. The summed E-state index contributed by atoms with van der Waals surface area (Å²) in [5.41, 5.74) is 3.59. The maximum atomic E-state index is 12.5. The summed E-state index contributed by atoms with van der Waals surface area (Å²) in [5, 5.41) is 3.12. The number of nitrogens with one attached hydrogen (secondary N) is 1. The lowest BCUT2D eigenvalue weighted by Crippen LogP contribution is -2.46. The van der Waals surface area contributed by atoms with Gasteiger partial charge < -0.3 is 15.0 Å². The first kappa shape index (κ1) is 17.2. The van der Waals surface area contributed by atoms with Crippen LogP contribution in [0.2, 0.25) is 0 Å². The molecule has 5 rings (SSSR count). The first-order valence-corrected chi connectivity index (χ1v) is 10.7. The zero-order valence-corrected chi connectivity index (χ0v) is 16.5. The number of amides is 1. The lowest BCUT2D eigenvalue weighted by Gasteiger charge is -2.44. The molecule has 2 aliphatic heterocycles. The number of fused-ring (bicyclic) bond motifs is 2. The Morgan fingerprint density at radius 1 is 1.37 bits per heavy atom. The largest absolute Gasteiger partial charge is 0.371 e. The normalized spacial score (nSPS) is 21.1. The highest BCUT2D eigenvalue weighted by molar-refractivity contribution is 7.14. The highest BCUT2D eigenvalue weighted by atomic mass is 32.1. The molecule has 0 unspecified atom stereocenters. The third kappa shape index (κ3) is 3.15. The van der Waals surface area contributed by atoms with Crippen molar-refractivity contribution in [2.75, 3.05) is 24.6 Å². The van der Waals surface area contributed by atoms with Gasteiger partial charge in [0.2, 0.25) is 0 Å². The molecule has 1 spiro atoms. The van der Waals surface area contributed by atoms with E-state index in [1.54, 1.807) is 11.3 Å². The molecule has 0 aromatic carbocycles. The summed E-state index contributed by atoms with van der Waals surface area (Å²) in [6, 6.07) is 4.61. The fraction of sp³-hybridized carbons (Fsp3) is 0.524. The number of piperidine rings is 1. The van der Waals surface area contributed by atoms with Crippen molar-refractivity contribution in [3.8, 4) is 0 Å². The van der Waals surface area contributed by atoms with E-state index >= 15 is 0 Å². The number of hydrogen-bond acceptors (Lipinski definition) is 5. The van der Waals surface area contributed by atoms with Gasteiger partial charge in [0.15, 0.2) is 0 Å². The third-order valence-corrected chi connectivity index (χ3v) is 7.37. The number of carbonyl (C=O) groups excluding carboxylic acids is 1. The molecule has 3 aliphatic rings. The second kappa shape index (κ2) is 6.60. The molecule has 6 heteroatoms. The van der Waals surface area contributed by atoms with E-state index in [1.807, 2.05) is 12.4 Å². The summed E-state index contributed by atoms with van der Waals surface area (Å²) in [5.74, 6) is 0.0943. The molecule has 1 saturated heterocycles. The molecule has 0 atom stereocenters. The fourth-order valence-electron chi connectivity index (χ4n) is 4.32. The van der Waals surface area contributed by atoms with E-state index < -0.39 is 0 Å². The van der Waals surface area contributed by atoms with Crippen LogP contribution < -0.4 is 10.2 Å². The van der Waals surface area contributed by atoms with Crippen molar-refractivity contribution in [2.45, 2.75) is 50.7 Å². The quantitative estimate of drug-likeness (QED) is 0.882. The van der Waals surface area contributed by atoms with Crippen LogP contribution >= 0.6 is 11.3 Å². The molecular formula is C21H25N3O2S. The first-order chi connectivity index (χ1) is 13.1. The number of hydrogen-bond donors (Lipinski definition) is 1. The molecule has 0 bridgehead atoms. The summed E-state index contributed by atoms with van der Waals surface area (Å²) < 4.78 is 6.37. The van der Waals surface area contributed by atoms with E-state index in [1.165, 1.54) is 21.7 Å². The van der Waals surface area contributed by atoms with Crippen LogP contribution in [0.4, 0.5) is 5.69 Å². The average Bonchev–Trinajstić information content (AvgIpc) is 3.37. The lowest BCUT2D eigenvalue weighted by atomic mass is 9.85. The predicted molar refractivity (Wildman–Crippen MR) is 107 cm³/mol. The van der Waals surface area contributed by atoms with Gasteiger partial charge in [-0.15, -0.1) is 11.3 Å². The SMILES string of the molecule is Cc1cnccc1N1CCC2(CC1)OCCc1cc(C(=O)NC3CC3)sc12. The second-order valence-electron chi connectivity index (χ2n) is 7.95. The minimum Gasteiger partial charge on any atom is -0.371 e. The Morgan fingerprint density at radius 2 is 2.19 bits per heavy atom. The molecule has 1 N–H and O–H groups in total.